The fourth-order valence-electron chi connectivity index (χ4n) is 11.4. The molecule has 9 heteroatoms. The molecule has 0 aliphatic carbocycles. The predicted molar refractivity (Wildman–Crippen MR) is 364 cm³/mol. The molecule has 0 N–H and O–H groups in total. The Kier molecular flexibility index (Phi) is 16.9. The van der Waals surface area contributed by atoms with Gasteiger partial charge < -0.3 is 43.3 Å². The third-order valence-electron chi connectivity index (χ3n) is 16.0. The Balaban J connectivity index is 0.812. The van der Waals surface area contributed by atoms with E-state index < -0.39 is 0 Å². The molecule has 0 saturated carbocycles. The second kappa shape index (κ2) is 26.0. The molecule has 9 nitrogen and oxygen atoms in total. The van der Waals surface area contributed by atoms with Crippen LogP contribution in [0.3, 0.4) is 0 Å². The summed E-state index contributed by atoms with van der Waals surface area (Å²) in [5.41, 5.74) is 21.5. The van der Waals surface area contributed by atoms with E-state index in [-0.39, 0.29) is 0 Å². The molecular weight excluding hydrogens is 1080 g/mol. The molecule has 0 amide bonds. The van der Waals surface area contributed by atoms with Crippen LogP contribution in [-0.2, 0) is 0 Å². The number of rotatable bonds is 20. The predicted octanol–water partition coefficient (Wildman–Crippen LogP) is 21.2. The van der Waals surface area contributed by atoms with Gasteiger partial charge in [-0.1, -0.05) is 78.9 Å². The number of benzene rings is 12. The number of anilines is 12. The third kappa shape index (κ3) is 12.2. The number of para-hydroxylation sites is 1. The van der Waals surface area contributed by atoms with Crippen molar-refractivity contribution in [1.82, 2.24) is 0 Å². The molecule has 0 heterocycles. The number of hydrogen-bond donors (Lipinski definition) is 0. The van der Waals surface area contributed by atoms with Crippen molar-refractivity contribution in [3.63, 3.8) is 0 Å². The summed E-state index contributed by atoms with van der Waals surface area (Å²) in [6, 6.07) is 100.0. The molecule has 0 aromatic heterocycles. The molecule has 88 heavy (non-hydrogen) atoms. The number of methoxy groups -OCH3 is 5. The van der Waals surface area contributed by atoms with E-state index >= 15 is 0 Å². The van der Waals surface area contributed by atoms with E-state index in [4.69, 9.17) is 23.7 Å². The zero-order valence-corrected chi connectivity index (χ0v) is 50.5. The van der Waals surface area contributed by atoms with Gasteiger partial charge in [-0.05, 0) is 265 Å². The normalized spacial score (nSPS) is 10.9. The first-order chi connectivity index (χ1) is 43.2. The van der Waals surface area contributed by atoms with Crippen LogP contribution in [0.5, 0.6) is 28.7 Å². The van der Waals surface area contributed by atoms with Crippen molar-refractivity contribution in [3.8, 4) is 62.1 Å². The van der Waals surface area contributed by atoms with Crippen LogP contribution in [-0.4, -0.2) is 35.5 Å². The molecule has 0 fully saturated rings. The smallest absolute Gasteiger partial charge is 0.119 e. The minimum atomic E-state index is 0.799. The van der Waals surface area contributed by atoms with E-state index in [1.54, 1.807) is 35.5 Å². The van der Waals surface area contributed by atoms with Crippen LogP contribution in [0.4, 0.5) is 68.2 Å². The molecule has 0 atom stereocenters. The monoisotopic (exact) mass is 1150 g/mol. The van der Waals surface area contributed by atoms with Crippen LogP contribution < -0.4 is 43.3 Å². The highest BCUT2D eigenvalue weighted by atomic mass is 16.5. The number of hydrogen-bond acceptors (Lipinski definition) is 9. The highest BCUT2D eigenvalue weighted by molar-refractivity contribution is 5.86. The molecular formula is C79H68N4O5. The van der Waals surface area contributed by atoms with Crippen molar-refractivity contribution >= 4 is 68.2 Å². The van der Waals surface area contributed by atoms with Crippen molar-refractivity contribution in [3.05, 3.63) is 296 Å². The van der Waals surface area contributed by atoms with Gasteiger partial charge in [0.05, 0.1) is 35.5 Å². The molecule has 12 aromatic rings. The average Bonchev–Trinajstić information content (AvgIpc) is 2.73. The maximum Gasteiger partial charge on any atom is 0.119 e. The molecule has 0 spiro atoms. The zero-order valence-electron chi connectivity index (χ0n) is 50.5. The summed E-state index contributed by atoms with van der Waals surface area (Å²) in [6.45, 7) is 4.39. The number of aryl methyl sites for hydroxylation is 2. The van der Waals surface area contributed by atoms with Crippen LogP contribution in [0.25, 0.3) is 33.4 Å². The summed E-state index contributed by atoms with van der Waals surface area (Å²) < 4.78 is 27.7. The summed E-state index contributed by atoms with van der Waals surface area (Å²) in [7, 11) is 8.46. The Morgan fingerprint density at radius 1 is 0.193 bits per heavy atom. The molecule has 0 bridgehead atoms. The van der Waals surface area contributed by atoms with Gasteiger partial charge in [-0.3, -0.25) is 0 Å². The minimum Gasteiger partial charge on any atom is -0.497 e. The molecule has 0 unspecified atom stereocenters. The quantitative estimate of drug-likeness (QED) is 0.0743. The zero-order chi connectivity index (χ0) is 60.5. The lowest BCUT2D eigenvalue weighted by Gasteiger charge is -2.28. The second-order valence-electron chi connectivity index (χ2n) is 21.4. The van der Waals surface area contributed by atoms with Gasteiger partial charge >= 0.3 is 0 Å². The summed E-state index contributed by atoms with van der Waals surface area (Å²) in [5, 5.41) is 0. The van der Waals surface area contributed by atoms with Crippen LogP contribution >= 0.6 is 0 Å². The third-order valence-corrected chi connectivity index (χ3v) is 16.0. The van der Waals surface area contributed by atoms with E-state index in [0.717, 1.165) is 142 Å². The van der Waals surface area contributed by atoms with E-state index in [0.29, 0.717) is 0 Å². The van der Waals surface area contributed by atoms with Crippen molar-refractivity contribution in [1.29, 1.82) is 0 Å². The van der Waals surface area contributed by atoms with Crippen LogP contribution in [0.2, 0.25) is 0 Å². The standard InChI is InChI=1S/C79H68N4O5/c1-55-53-61(21-51-78(55)82(71-37-47-76(87-6)48-38-71)69-27-17-59(18-28-69)57-13-23-64(24-14-57)80(63-11-9-8-10-12-63)66-31-41-73(84-3)42-32-66)62-22-52-79(56(2)54-62)83(72-39-49-77(88-7)50-40-72)70-29-19-60(20-30-70)58-15-25-65(26-16-58)81(67-33-43-74(85-4)44-34-67)68-35-45-75(86-5)46-36-68/h8-54H,1-7H3. The van der Waals surface area contributed by atoms with Crippen LogP contribution in [0, 0.1) is 13.8 Å². The van der Waals surface area contributed by atoms with Crippen LogP contribution in [0.1, 0.15) is 11.1 Å². The van der Waals surface area contributed by atoms with Gasteiger partial charge in [0.15, 0.2) is 0 Å². The molecule has 0 saturated heterocycles. The number of ether oxygens (including phenoxy) is 5. The fourth-order valence-corrected chi connectivity index (χ4v) is 11.4. The number of nitrogens with zero attached hydrogens (tertiary/aromatic N) is 4. The van der Waals surface area contributed by atoms with E-state index in [9.17, 15) is 0 Å². The fraction of sp³-hybridized carbons (Fsp3) is 0.0886. The lowest BCUT2D eigenvalue weighted by atomic mass is 9.98. The van der Waals surface area contributed by atoms with E-state index in [2.05, 4.69) is 252 Å². The summed E-state index contributed by atoms with van der Waals surface area (Å²) in [4.78, 5) is 9.12. The Morgan fingerprint density at radius 2 is 0.386 bits per heavy atom. The molecule has 0 aliphatic heterocycles. The van der Waals surface area contributed by atoms with Crippen molar-refractivity contribution in [2.75, 3.05) is 55.1 Å². The first kappa shape index (κ1) is 57.3. The van der Waals surface area contributed by atoms with Gasteiger partial charge in [0.2, 0.25) is 0 Å². The molecule has 12 aromatic carbocycles. The Bertz CT molecular complexity index is 4210. The Morgan fingerprint density at radius 3 is 0.602 bits per heavy atom. The van der Waals surface area contributed by atoms with Gasteiger partial charge in [0.1, 0.15) is 28.7 Å². The first-order valence-corrected chi connectivity index (χ1v) is 29.3. The van der Waals surface area contributed by atoms with Crippen molar-refractivity contribution in [2.24, 2.45) is 0 Å². The lowest BCUT2D eigenvalue weighted by Crippen LogP contribution is -2.12. The van der Waals surface area contributed by atoms with Gasteiger partial charge in [0, 0.05) is 68.2 Å². The van der Waals surface area contributed by atoms with Crippen molar-refractivity contribution in [2.45, 2.75) is 13.8 Å². The average molecular weight is 1150 g/mol. The maximum atomic E-state index is 5.61. The molecule has 0 radical (unpaired) electrons. The minimum absolute atomic E-state index is 0.799. The largest absolute Gasteiger partial charge is 0.497 e. The molecule has 434 valence electrons. The van der Waals surface area contributed by atoms with Crippen molar-refractivity contribution < 1.29 is 23.7 Å². The second-order valence-corrected chi connectivity index (χ2v) is 21.4. The van der Waals surface area contributed by atoms with Gasteiger partial charge in [0.25, 0.3) is 0 Å². The summed E-state index contributed by atoms with van der Waals surface area (Å²) >= 11 is 0. The van der Waals surface area contributed by atoms with E-state index in [1.807, 2.05) is 66.7 Å². The topological polar surface area (TPSA) is 59.1 Å². The maximum absolute atomic E-state index is 5.61. The molecule has 12 rings (SSSR count). The first-order valence-electron chi connectivity index (χ1n) is 29.3. The highest BCUT2D eigenvalue weighted by Gasteiger charge is 2.21. The van der Waals surface area contributed by atoms with Crippen LogP contribution in [0.15, 0.2) is 285 Å². The molecule has 0 aliphatic rings. The van der Waals surface area contributed by atoms with E-state index in [1.165, 1.54) is 0 Å². The van der Waals surface area contributed by atoms with Gasteiger partial charge in [-0.25, -0.2) is 0 Å². The summed E-state index contributed by atoms with van der Waals surface area (Å²) in [6.07, 6.45) is 0. The van der Waals surface area contributed by atoms with Gasteiger partial charge in [-0.15, -0.1) is 0 Å². The SMILES string of the molecule is COc1ccc(N(c2ccccc2)c2ccc(-c3ccc(N(c4ccc(OC)cc4)c4ccc(-c5ccc(N(c6ccc(OC)cc6)c6ccc(-c7ccc(N(c8ccc(OC)cc8)c8ccc(OC)cc8)cc7)cc6)c(C)c5)cc4C)cc3)cc2)cc1. The lowest BCUT2D eigenvalue weighted by molar-refractivity contribution is 0.414. The Hall–Kier alpha value is -11.2. The highest BCUT2D eigenvalue weighted by Crippen LogP contribution is 2.44. The van der Waals surface area contributed by atoms with Gasteiger partial charge in [-0.2, -0.15) is 0 Å². The summed E-state index contributed by atoms with van der Waals surface area (Å²) in [5.74, 6) is 4.03. The Labute approximate surface area is 516 Å².